The molecule has 0 saturated carbocycles. The maximum absolute atomic E-state index is 13.5. The number of aromatic nitrogens is 2. The molecule has 1 aliphatic heterocycles. The van der Waals surface area contributed by atoms with Crippen LogP contribution in [0.1, 0.15) is 80.0 Å². The van der Waals surface area contributed by atoms with Crippen LogP contribution in [0.15, 0.2) is 59.6 Å². The van der Waals surface area contributed by atoms with E-state index in [-0.39, 0.29) is 27.9 Å². The molecule has 0 saturated heterocycles. The highest BCUT2D eigenvalue weighted by Crippen LogP contribution is 2.29. The number of hydrogen-bond donors (Lipinski definition) is 1. The first-order valence-corrected chi connectivity index (χ1v) is 15.4. The lowest BCUT2D eigenvalue weighted by Crippen LogP contribution is -2.28. The van der Waals surface area contributed by atoms with Gasteiger partial charge in [0.2, 0.25) is 0 Å². The van der Waals surface area contributed by atoms with Crippen LogP contribution in [-0.2, 0) is 21.2 Å². The van der Waals surface area contributed by atoms with Crippen molar-refractivity contribution in [1.82, 2.24) is 9.97 Å². The predicted molar refractivity (Wildman–Crippen MR) is 158 cm³/mol. The van der Waals surface area contributed by atoms with Crippen molar-refractivity contribution in [3.8, 4) is 11.3 Å². The van der Waals surface area contributed by atoms with Crippen molar-refractivity contribution in [2.24, 2.45) is 0 Å². The van der Waals surface area contributed by atoms with Gasteiger partial charge in [-0.2, -0.15) is 8.42 Å². The lowest BCUT2D eigenvalue weighted by atomic mass is 9.96. The second-order valence-corrected chi connectivity index (χ2v) is 11.8. The Hall–Kier alpha value is -3.26. The van der Waals surface area contributed by atoms with Crippen LogP contribution in [0.3, 0.4) is 0 Å². The molecule has 1 N–H and O–H groups in total. The standard InChI is InChI=1S/C31H40N4O3S/c1-24-20-21-28-32-31(24)27-17-10-9-16-26(27)15-8-6-4-3-5-7-11-22-35(23-13-14-25(2)36)29-18-12-19-30(33-29)39(37,38)34-28/h9-10,12,16-21H,3-8,11,13-15,22-23H2,1-2H3,(H,32,34)/i1D3. The number of ketones is 1. The number of pyridine rings is 2. The number of benzene rings is 1. The Kier molecular flexibility index (Phi) is 8.69. The van der Waals surface area contributed by atoms with Crippen LogP contribution in [-0.4, -0.2) is 37.3 Å². The SMILES string of the molecule is [2H]C([2H])([2H])c1ccc2nc1-c1ccccc1CCCCCCCCCN(CCCC(C)=O)c1cccc(n1)S(=O)(=O)N2. The van der Waals surface area contributed by atoms with E-state index in [1.807, 2.05) is 24.3 Å². The minimum Gasteiger partial charge on any atom is -0.357 e. The van der Waals surface area contributed by atoms with Crippen LogP contribution < -0.4 is 9.62 Å². The average Bonchev–Trinajstić information content (AvgIpc) is 2.94. The van der Waals surface area contributed by atoms with Crippen molar-refractivity contribution in [1.29, 1.82) is 0 Å². The molecule has 8 heteroatoms. The summed E-state index contributed by atoms with van der Waals surface area (Å²) in [5.41, 5.74) is 2.00. The van der Waals surface area contributed by atoms with Gasteiger partial charge in [-0.1, -0.05) is 68.5 Å². The highest BCUT2D eigenvalue weighted by Gasteiger charge is 2.20. The van der Waals surface area contributed by atoms with Crippen LogP contribution >= 0.6 is 0 Å². The summed E-state index contributed by atoms with van der Waals surface area (Å²) in [5.74, 6) is 0.680. The van der Waals surface area contributed by atoms with Gasteiger partial charge >= 0.3 is 0 Å². The summed E-state index contributed by atoms with van der Waals surface area (Å²) in [6, 6.07) is 15.3. The number of rotatable bonds is 4. The molecule has 2 aromatic heterocycles. The van der Waals surface area contributed by atoms with Gasteiger partial charge in [0, 0.05) is 29.2 Å². The molecule has 0 spiro atoms. The van der Waals surface area contributed by atoms with Gasteiger partial charge in [-0.05, 0) is 68.8 Å². The summed E-state index contributed by atoms with van der Waals surface area (Å²) in [4.78, 5) is 22.7. The molecule has 0 aliphatic carbocycles. The number of sulfonamides is 1. The summed E-state index contributed by atoms with van der Waals surface area (Å²) >= 11 is 0. The molecule has 0 amide bonds. The zero-order chi connectivity index (χ0) is 30.2. The highest BCUT2D eigenvalue weighted by atomic mass is 32.2. The topological polar surface area (TPSA) is 92.3 Å². The minimum atomic E-state index is -4.14. The molecule has 0 fully saturated rings. The number of aryl methyl sites for hydroxylation is 2. The van der Waals surface area contributed by atoms with Gasteiger partial charge < -0.3 is 9.69 Å². The highest BCUT2D eigenvalue weighted by molar-refractivity contribution is 7.92. The van der Waals surface area contributed by atoms with Gasteiger partial charge in [-0.25, -0.2) is 9.97 Å². The van der Waals surface area contributed by atoms with Gasteiger partial charge in [0.15, 0.2) is 5.03 Å². The van der Waals surface area contributed by atoms with Gasteiger partial charge in [0.25, 0.3) is 10.0 Å². The van der Waals surface area contributed by atoms with Crippen molar-refractivity contribution in [2.45, 2.75) is 83.0 Å². The molecule has 4 rings (SSSR count). The molecule has 7 nitrogen and oxygen atoms in total. The Morgan fingerprint density at radius 3 is 2.51 bits per heavy atom. The number of nitrogens with one attached hydrogen (secondary N) is 1. The first-order chi connectivity index (χ1) is 20.0. The van der Waals surface area contributed by atoms with Crippen LogP contribution in [0.25, 0.3) is 11.3 Å². The van der Waals surface area contributed by atoms with Crippen molar-refractivity contribution >= 4 is 27.4 Å². The summed E-state index contributed by atoms with van der Waals surface area (Å²) < 4.78 is 53.9. The molecule has 4 bridgehead atoms. The van der Waals surface area contributed by atoms with Crippen molar-refractivity contribution in [3.05, 3.63) is 65.7 Å². The Bertz CT molecular complexity index is 1480. The monoisotopic (exact) mass is 551 g/mol. The number of hydrogen-bond acceptors (Lipinski definition) is 6. The zero-order valence-corrected chi connectivity index (χ0v) is 23.5. The summed E-state index contributed by atoms with van der Waals surface area (Å²) in [6.45, 7) is 0.468. The van der Waals surface area contributed by atoms with Crippen molar-refractivity contribution in [2.75, 3.05) is 22.7 Å². The third-order valence-electron chi connectivity index (χ3n) is 7.05. The fourth-order valence-corrected chi connectivity index (χ4v) is 5.94. The van der Waals surface area contributed by atoms with E-state index in [0.29, 0.717) is 30.8 Å². The van der Waals surface area contributed by atoms with E-state index < -0.39 is 16.9 Å². The second kappa shape index (κ2) is 13.7. The second-order valence-electron chi connectivity index (χ2n) is 10.2. The molecule has 1 aromatic carbocycles. The smallest absolute Gasteiger partial charge is 0.280 e. The third kappa shape index (κ3) is 8.12. The van der Waals surface area contributed by atoms with E-state index in [4.69, 9.17) is 4.11 Å². The van der Waals surface area contributed by atoms with Gasteiger partial charge in [0.05, 0.1) is 5.69 Å². The summed E-state index contributed by atoms with van der Waals surface area (Å²) in [5, 5.41) is -0.158. The van der Waals surface area contributed by atoms with Crippen molar-refractivity contribution < 1.29 is 17.3 Å². The lowest BCUT2D eigenvalue weighted by molar-refractivity contribution is -0.117. The minimum absolute atomic E-state index is 0.0210. The van der Waals surface area contributed by atoms with E-state index in [1.165, 1.54) is 18.2 Å². The van der Waals surface area contributed by atoms with E-state index in [0.717, 1.165) is 63.5 Å². The first-order valence-electron chi connectivity index (χ1n) is 15.4. The Balaban J connectivity index is 1.74. The number of fused-ring (bicyclic) bond motifs is 6. The molecule has 39 heavy (non-hydrogen) atoms. The van der Waals surface area contributed by atoms with Gasteiger partial charge in [0.1, 0.15) is 17.4 Å². The number of anilines is 2. The summed E-state index contributed by atoms with van der Waals surface area (Å²) in [6.07, 6.45) is 9.33. The van der Waals surface area contributed by atoms with Crippen LogP contribution in [0.2, 0.25) is 0 Å². The molecular formula is C31H40N4O3S. The Labute approximate surface area is 237 Å². The number of nitrogens with zero attached hydrogens (tertiary/aromatic N) is 3. The van der Waals surface area contributed by atoms with Crippen molar-refractivity contribution in [3.63, 3.8) is 0 Å². The molecule has 3 heterocycles. The predicted octanol–water partition coefficient (Wildman–Crippen LogP) is 6.72. The number of carbonyl (C=O) groups is 1. The third-order valence-corrected chi connectivity index (χ3v) is 8.30. The maximum atomic E-state index is 13.5. The normalized spacial score (nSPS) is 18.0. The molecule has 3 aromatic rings. The average molecular weight is 552 g/mol. The van der Waals surface area contributed by atoms with Crippen LogP contribution in [0, 0.1) is 6.85 Å². The molecular weight excluding hydrogens is 508 g/mol. The summed E-state index contributed by atoms with van der Waals surface area (Å²) in [7, 11) is -4.14. The molecule has 0 unspecified atom stereocenters. The molecule has 1 aliphatic rings. The quantitative estimate of drug-likeness (QED) is 0.387. The number of carbonyl (C=O) groups excluding carboxylic acids is 1. The fraction of sp³-hybridized carbons (Fsp3) is 0.452. The molecule has 0 atom stereocenters. The number of Topliss-reactive ketones (excluding diaryl/α,β-unsaturated/α-hetero) is 1. The lowest BCUT2D eigenvalue weighted by Gasteiger charge is -2.24. The first kappa shape index (κ1) is 24.8. The zero-order valence-electron chi connectivity index (χ0n) is 25.7. The van der Waals surface area contributed by atoms with Gasteiger partial charge in [-0.3, -0.25) is 4.72 Å². The maximum Gasteiger partial charge on any atom is 0.280 e. The molecule has 0 radical (unpaired) electrons. The van der Waals surface area contributed by atoms with Crippen LogP contribution in [0.5, 0.6) is 0 Å². The van der Waals surface area contributed by atoms with Crippen LogP contribution in [0.4, 0.5) is 11.6 Å². The Morgan fingerprint density at radius 1 is 0.949 bits per heavy atom. The van der Waals surface area contributed by atoms with E-state index in [1.54, 1.807) is 19.1 Å². The van der Waals surface area contributed by atoms with Gasteiger partial charge in [-0.15, -0.1) is 0 Å². The molecule has 208 valence electrons. The fourth-order valence-electron chi connectivity index (χ4n) is 4.97. The van der Waals surface area contributed by atoms with E-state index in [2.05, 4.69) is 19.6 Å². The van der Waals surface area contributed by atoms with E-state index in [9.17, 15) is 13.2 Å². The van der Waals surface area contributed by atoms with E-state index >= 15 is 0 Å². The largest absolute Gasteiger partial charge is 0.357 e. The Morgan fingerprint density at radius 2 is 1.72 bits per heavy atom.